The molecule has 0 bridgehead atoms. The fourth-order valence-electron chi connectivity index (χ4n) is 5.33. The number of nitrogens with zero attached hydrogens (tertiary/aromatic N) is 2. The number of alkyl halides is 3. The van der Waals surface area contributed by atoms with Gasteiger partial charge in [0.05, 0.1) is 17.1 Å². The number of nitrogens with one attached hydrogen (secondary N) is 2. The van der Waals surface area contributed by atoms with E-state index >= 15 is 0 Å². The molecule has 220 valence electrons. The predicted molar refractivity (Wildman–Crippen MR) is 153 cm³/mol. The Morgan fingerprint density at radius 3 is 2.51 bits per heavy atom. The summed E-state index contributed by atoms with van der Waals surface area (Å²) in [5.41, 5.74) is 3.43. The number of oxazole rings is 1. The van der Waals surface area contributed by atoms with Crippen LogP contribution in [0.2, 0.25) is 0 Å². The number of urea groups is 1. The molecular formula is C31H24F4N4O4. The maximum atomic E-state index is 13.8. The van der Waals surface area contributed by atoms with Crippen LogP contribution in [0.4, 0.5) is 45.1 Å². The number of carbonyl (C=O) groups is 1. The molecule has 43 heavy (non-hydrogen) atoms. The van der Waals surface area contributed by atoms with Crippen LogP contribution in [-0.2, 0) is 5.41 Å². The lowest BCUT2D eigenvalue weighted by Crippen LogP contribution is -2.27. The van der Waals surface area contributed by atoms with Gasteiger partial charge in [-0.1, -0.05) is 26.0 Å². The van der Waals surface area contributed by atoms with E-state index in [2.05, 4.69) is 20.4 Å². The number of rotatable bonds is 5. The third kappa shape index (κ3) is 5.51. The molecule has 1 aliphatic rings. The van der Waals surface area contributed by atoms with E-state index in [1.807, 2.05) is 18.7 Å². The van der Waals surface area contributed by atoms with Crippen molar-refractivity contribution < 1.29 is 36.6 Å². The van der Waals surface area contributed by atoms with Crippen molar-refractivity contribution in [2.75, 3.05) is 22.1 Å². The number of amides is 2. The van der Waals surface area contributed by atoms with Crippen LogP contribution in [0.15, 0.2) is 83.3 Å². The molecule has 0 unspecified atom stereocenters. The Morgan fingerprint density at radius 1 is 1.02 bits per heavy atom. The van der Waals surface area contributed by atoms with Crippen molar-refractivity contribution in [3.05, 3.63) is 90.2 Å². The van der Waals surface area contributed by atoms with Crippen molar-refractivity contribution in [3.8, 4) is 23.0 Å². The standard InChI is InChI=1S/C31H24F4N4O4/c1-30(2)16-39(27-24(40)13-12-20(26(27)30)28-37-22-15-17(32)7-14-25(22)42-28)23-6-4-3-5-21(23)38-29(41)36-18-8-10-19(11-9-18)43-31(33,34)35/h3-15,40H,16H2,1-2H3,(H2,36,38,41). The normalized spacial score (nSPS) is 14.0. The first kappa shape index (κ1) is 27.9. The zero-order valence-corrected chi connectivity index (χ0v) is 22.8. The number of anilines is 4. The van der Waals surface area contributed by atoms with Gasteiger partial charge in [0.2, 0.25) is 5.89 Å². The zero-order chi connectivity index (χ0) is 30.5. The molecule has 0 fully saturated rings. The minimum absolute atomic E-state index is 0.00639. The monoisotopic (exact) mass is 592 g/mol. The minimum atomic E-state index is -4.82. The average molecular weight is 593 g/mol. The van der Waals surface area contributed by atoms with Crippen LogP contribution in [0.1, 0.15) is 19.4 Å². The van der Waals surface area contributed by atoms with Gasteiger partial charge < -0.3 is 29.8 Å². The van der Waals surface area contributed by atoms with Crippen molar-refractivity contribution in [1.29, 1.82) is 0 Å². The summed E-state index contributed by atoms with van der Waals surface area (Å²) in [4.78, 5) is 19.3. The number of carbonyl (C=O) groups excluding carboxylic acids is 1. The van der Waals surface area contributed by atoms with Crippen LogP contribution in [0.3, 0.4) is 0 Å². The lowest BCUT2D eigenvalue weighted by atomic mass is 9.83. The van der Waals surface area contributed by atoms with Gasteiger partial charge in [0.15, 0.2) is 5.58 Å². The Balaban J connectivity index is 1.31. The van der Waals surface area contributed by atoms with Gasteiger partial charge in [-0.05, 0) is 66.2 Å². The Bertz CT molecular complexity index is 1850. The zero-order valence-electron chi connectivity index (χ0n) is 22.8. The molecule has 0 atom stereocenters. The number of phenols is 1. The van der Waals surface area contributed by atoms with E-state index in [9.17, 15) is 27.5 Å². The minimum Gasteiger partial charge on any atom is -0.506 e. The summed E-state index contributed by atoms with van der Waals surface area (Å²) in [6.07, 6.45) is -4.82. The number of fused-ring (bicyclic) bond motifs is 2. The summed E-state index contributed by atoms with van der Waals surface area (Å²) in [7, 11) is 0. The summed E-state index contributed by atoms with van der Waals surface area (Å²) in [5.74, 6) is -0.560. The van der Waals surface area contributed by atoms with Crippen molar-refractivity contribution in [2.24, 2.45) is 0 Å². The maximum absolute atomic E-state index is 13.8. The third-order valence-electron chi connectivity index (χ3n) is 7.03. The quantitative estimate of drug-likeness (QED) is 0.178. The number of phenolic OH excluding ortho intramolecular Hbond substituents is 1. The van der Waals surface area contributed by atoms with Gasteiger partial charge in [-0.2, -0.15) is 0 Å². The number of hydrogen-bond donors (Lipinski definition) is 3. The highest BCUT2D eigenvalue weighted by Crippen LogP contribution is 2.53. The van der Waals surface area contributed by atoms with Crippen LogP contribution in [-0.4, -0.2) is 29.0 Å². The number of para-hydroxylation sites is 2. The lowest BCUT2D eigenvalue weighted by molar-refractivity contribution is -0.274. The van der Waals surface area contributed by atoms with Crippen molar-refractivity contribution in [3.63, 3.8) is 0 Å². The molecule has 2 amide bonds. The molecule has 4 aromatic carbocycles. The molecule has 1 aromatic heterocycles. The Kier molecular flexibility index (Phi) is 6.63. The van der Waals surface area contributed by atoms with E-state index in [1.165, 1.54) is 36.4 Å². The fourth-order valence-corrected chi connectivity index (χ4v) is 5.33. The Morgan fingerprint density at radius 2 is 1.77 bits per heavy atom. The number of halogens is 4. The molecule has 12 heteroatoms. The Hall–Kier alpha value is -5.26. The molecule has 6 rings (SSSR count). The Labute approximate surface area is 242 Å². The van der Waals surface area contributed by atoms with Gasteiger partial charge in [-0.25, -0.2) is 14.2 Å². The first-order valence-electron chi connectivity index (χ1n) is 13.1. The van der Waals surface area contributed by atoms with Crippen LogP contribution in [0, 0.1) is 5.82 Å². The van der Waals surface area contributed by atoms with Gasteiger partial charge in [0.25, 0.3) is 0 Å². The molecule has 5 aromatic rings. The van der Waals surface area contributed by atoms with E-state index in [-0.39, 0.29) is 17.3 Å². The second kappa shape index (κ2) is 10.2. The molecule has 1 aliphatic heterocycles. The first-order valence-corrected chi connectivity index (χ1v) is 13.1. The number of ether oxygens (including phenoxy) is 1. The number of aromatic nitrogens is 1. The van der Waals surface area contributed by atoms with Crippen molar-refractivity contribution in [1.82, 2.24) is 4.98 Å². The lowest BCUT2D eigenvalue weighted by Gasteiger charge is -2.25. The number of hydrogen-bond acceptors (Lipinski definition) is 6. The maximum Gasteiger partial charge on any atom is 0.573 e. The number of aromatic hydroxyl groups is 1. The van der Waals surface area contributed by atoms with E-state index in [0.29, 0.717) is 40.3 Å². The van der Waals surface area contributed by atoms with Gasteiger partial charge >= 0.3 is 12.4 Å². The van der Waals surface area contributed by atoms with Crippen molar-refractivity contribution in [2.45, 2.75) is 25.6 Å². The predicted octanol–water partition coefficient (Wildman–Crippen LogP) is 8.31. The van der Waals surface area contributed by atoms with E-state index in [0.717, 1.165) is 17.7 Å². The van der Waals surface area contributed by atoms with Gasteiger partial charge in [-0.15, -0.1) is 13.2 Å². The highest BCUT2D eigenvalue weighted by atomic mass is 19.4. The first-order chi connectivity index (χ1) is 20.4. The largest absolute Gasteiger partial charge is 0.573 e. The van der Waals surface area contributed by atoms with Crippen LogP contribution < -0.4 is 20.3 Å². The fraction of sp³-hybridized carbons (Fsp3) is 0.161. The van der Waals surface area contributed by atoms with Crippen LogP contribution >= 0.6 is 0 Å². The molecule has 3 N–H and O–H groups in total. The molecule has 2 heterocycles. The van der Waals surface area contributed by atoms with Crippen LogP contribution in [0.25, 0.3) is 22.6 Å². The molecular weight excluding hydrogens is 568 g/mol. The van der Waals surface area contributed by atoms with Crippen LogP contribution in [0.5, 0.6) is 11.5 Å². The molecule has 0 spiro atoms. The average Bonchev–Trinajstić information content (AvgIpc) is 3.48. The summed E-state index contributed by atoms with van der Waals surface area (Å²) in [6, 6.07) is 18.5. The van der Waals surface area contributed by atoms with Crippen molar-refractivity contribution >= 4 is 39.9 Å². The highest BCUT2D eigenvalue weighted by molar-refractivity contribution is 6.03. The second-order valence-electron chi connectivity index (χ2n) is 10.6. The molecule has 0 saturated heterocycles. The molecule has 0 saturated carbocycles. The second-order valence-corrected chi connectivity index (χ2v) is 10.6. The van der Waals surface area contributed by atoms with E-state index in [4.69, 9.17) is 4.42 Å². The van der Waals surface area contributed by atoms with E-state index in [1.54, 1.807) is 30.3 Å². The van der Waals surface area contributed by atoms with E-state index < -0.39 is 29.4 Å². The topological polar surface area (TPSA) is 99.9 Å². The summed E-state index contributed by atoms with van der Waals surface area (Å²) in [5, 5.41) is 16.5. The summed E-state index contributed by atoms with van der Waals surface area (Å²) >= 11 is 0. The number of benzene rings is 4. The molecule has 0 aliphatic carbocycles. The highest BCUT2D eigenvalue weighted by Gasteiger charge is 2.41. The molecule has 0 radical (unpaired) electrons. The van der Waals surface area contributed by atoms with Gasteiger partial charge in [0.1, 0.15) is 22.8 Å². The molecule has 8 nitrogen and oxygen atoms in total. The SMILES string of the molecule is CC1(C)CN(c2ccccc2NC(=O)Nc2ccc(OC(F)(F)F)cc2)c2c(O)ccc(-c3nc4cc(F)ccc4o3)c21. The third-order valence-corrected chi connectivity index (χ3v) is 7.03. The smallest absolute Gasteiger partial charge is 0.506 e. The van der Waals surface area contributed by atoms with Gasteiger partial charge in [0, 0.05) is 29.3 Å². The summed E-state index contributed by atoms with van der Waals surface area (Å²) in [6.45, 7) is 4.43. The summed E-state index contributed by atoms with van der Waals surface area (Å²) < 4.78 is 61.0. The van der Waals surface area contributed by atoms with Gasteiger partial charge in [-0.3, -0.25) is 0 Å².